The molecule has 2 aromatic rings. The molecule has 3 fully saturated rings. The van der Waals surface area contributed by atoms with Gasteiger partial charge in [0.05, 0.1) is 6.61 Å². The van der Waals surface area contributed by atoms with Gasteiger partial charge in [-0.2, -0.15) is 0 Å². The molecule has 8 heteroatoms. The first-order chi connectivity index (χ1) is 16.4. The van der Waals surface area contributed by atoms with Crippen molar-refractivity contribution < 1.29 is 23.5 Å². The molecule has 2 aromatic carbocycles. The summed E-state index contributed by atoms with van der Waals surface area (Å²) in [6, 6.07) is 12.2. The van der Waals surface area contributed by atoms with Gasteiger partial charge in [-0.3, -0.25) is 19.3 Å². The van der Waals surface area contributed by atoms with Crippen molar-refractivity contribution in [1.29, 1.82) is 0 Å². The van der Waals surface area contributed by atoms with Crippen molar-refractivity contribution in [2.75, 3.05) is 19.7 Å². The van der Waals surface area contributed by atoms with Crippen LogP contribution >= 0.6 is 0 Å². The number of rotatable bonds is 4. The van der Waals surface area contributed by atoms with Crippen LogP contribution in [-0.2, 0) is 9.53 Å². The number of carbonyl (C=O) groups is 3. The third-order valence-corrected chi connectivity index (χ3v) is 6.93. The third-order valence-electron chi connectivity index (χ3n) is 6.93. The number of amides is 3. The molecule has 0 bridgehead atoms. The Balaban J connectivity index is 1.37. The summed E-state index contributed by atoms with van der Waals surface area (Å²) in [6.07, 6.45) is 2.66. The molecular formula is C26H28FN3O4. The number of aryl methyl sites for hydroxylation is 1. The zero-order chi connectivity index (χ0) is 23.9. The Labute approximate surface area is 197 Å². The molecule has 1 saturated carbocycles. The molecule has 1 spiro atoms. The average Bonchev–Trinajstić information content (AvgIpc) is 3.59. The smallest absolute Gasteiger partial charge is 0.256 e. The minimum absolute atomic E-state index is 0.0627. The Morgan fingerprint density at radius 2 is 1.53 bits per heavy atom. The largest absolute Gasteiger partial charge is 0.353 e. The van der Waals surface area contributed by atoms with Crippen LogP contribution in [0.15, 0.2) is 48.5 Å². The highest BCUT2D eigenvalue weighted by Gasteiger charge is 2.54. The lowest BCUT2D eigenvalue weighted by molar-refractivity contribution is -0.128. The third kappa shape index (κ3) is 4.30. The average molecular weight is 466 g/mol. The lowest BCUT2D eigenvalue weighted by Gasteiger charge is -2.44. The van der Waals surface area contributed by atoms with Gasteiger partial charge in [0, 0.05) is 43.1 Å². The summed E-state index contributed by atoms with van der Waals surface area (Å²) < 4.78 is 19.6. The molecule has 1 aliphatic carbocycles. The number of piperidine rings is 1. The van der Waals surface area contributed by atoms with E-state index in [2.05, 4.69) is 5.32 Å². The predicted octanol–water partition coefficient (Wildman–Crippen LogP) is 2.89. The minimum Gasteiger partial charge on any atom is -0.353 e. The topological polar surface area (TPSA) is 79.0 Å². The van der Waals surface area contributed by atoms with Gasteiger partial charge < -0.3 is 15.0 Å². The van der Waals surface area contributed by atoms with Crippen molar-refractivity contribution in [2.24, 2.45) is 0 Å². The molecule has 2 saturated heterocycles. The quantitative estimate of drug-likeness (QED) is 0.753. The van der Waals surface area contributed by atoms with Gasteiger partial charge in [0.25, 0.3) is 11.8 Å². The molecule has 0 aromatic heterocycles. The SMILES string of the molecule is Cc1ccc(C(=O)N2CCC3(CC2)OC[C@@H](C(=O)NC2CC2)N3C(=O)c2ccc(F)cc2)cc1. The monoisotopic (exact) mass is 465 g/mol. The highest BCUT2D eigenvalue weighted by Crippen LogP contribution is 2.39. The van der Waals surface area contributed by atoms with Gasteiger partial charge in [0.2, 0.25) is 5.91 Å². The fraction of sp³-hybridized carbons (Fsp3) is 0.423. The number of ether oxygens (including phenoxy) is 1. The molecule has 1 atom stereocenters. The molecule has 0 unspecified atom stereocenters. The zero-order valence-corrected chi connectivity index (χ0v) is 19.1. The Morgan fingerprint density at radius 1 is 0.941 bits per heavy atom. The summed E-state index contributed by atoms with van der Waals surface area (Å²) in [5.41, 5.74) is 1.02. The maximum Gasteiger partial charge on any atom is 0.256 e. The van der Waals surface area contributed by atoms with Crippen LogP contribution in [0.4, 0.5) is 4.39 Å². The summed E-state index contributed by atoms with van der Waals surface area (Å²) in [6.45, 7) is 2.87. The number of nitrogens with one attached hydrogen (secondary N) is 1. The fourth-order valence-corrected chi connectivity index (χ4v) is 4.76. The number of likely N-dealkylation sites (tertiary alicyclic amines) is 1. The predicted molar refractivity (Wildman–Crippen MR) is 123 cm³/mol. The molecule has 3 aliphatic rings. The van der Waals surface area contributed by atoms with E-state index < -0.39 is 17.6 Å². The lowest BCUT2D eigenvalue weighted by atomic mass is 9.96. The van der Waals surface area contributed by atoms with Crippen molar-refractivity contribution in [3.63, 3.8) is 0 Å². The molecular weight excluding hydrogens is 437 g/mol. The van der Waals surface area contributed by atoms with Crippen molar-refractivity contribution in [3.8, 4) is 0 Å². The maximum absolute atomic E-state index is 13.6. The first kappa shape index (κ1) is 22.5. The van der Waals surface area contributed by atoms with Gasteiger partial charge in [-0.25, -0.2) is 4.39 Å². The van der Waals surface area contributed by atoms with Crippen LogP contribution in [0.3, 0.4) is 0 Å². The number of benzene rings is 2. The second-order valence-corrected chi connectivity index (χ2v) is 9.40. The summed E-state index contributed by atoms with van der Waals surface area (Å²) in [5.74, 6) is -1.10. The van der Waals surface area contributed by atoms with Gasteiger partial charge in [0.1, 0.15) is 17.6 Å². The second-order valence-electron chi connectivity index (χ2n) is 9.40. The van der Waals surface area contributed by atoms with Crippen molar-refractivity contribution in [2.45, 2.75) is 50.4 Å². The van der Waals surface area contributed by atoms with E-state index in [9.17, 15) is 18.8 Å². The van der Waals surface area contributed by atoms with E-state index in [4.69, 9.17) is 4.74 Å². The number of halogens is 1. The molecule has 0 radical (unpaired) electrons. The minimum atomic E-state index is -0.985. The normalized spacial score (nSPS) is 21.5. The van der Waals surface area contributed by atoms with Crippen LogP contribution < -0.4 is 5.32 Å². The summed E-state index contributed by atoms with van der Waals surface area (Å²) >= 11 is 0. The first-order valence-electron chi connectivity index (χ1n) is 11.8. The number of hydrogen-bond donors (Lipinski definition) is 1. The Hall–Kier alpha value is -3.26. The van der Waals surface area contributed by atoms with Gasteiger partial charge in [-0.15, -0.1) is 0 Å². The second kappa shape index (κ2) is 8.83. The standard InChI is InChI=1S/C26H28FN3O4/c1-17-2-4-18(5-3-17)24(32)29-14-12-26(13-15-29)30(25(33)19-6-8-20(27)9-7-19)22(16-34-26)23(31)28-21-10-11-21/h2-9,21-22H,10-16H2,1H3,(H,28,31)/t22-/m0/s1. The van der Waals surface area contributed by atoms with Gasteiger partial charge in [0.15, 0.2) is 0 Å². The lowest BCUT2D eigenvalue weighted by Crippen LogP contribution is -2.60. The van der Waals surface area contributed by atoms with E-state index in [0.29, 0.717) is 37.1 Å². The summed E-state index contributed by atoms with van der Waals surface area (Å²) in [4.78, 5) is 42.9. The molecule has 5 rings (SSSR count). The number of nitrogens with zero attached hydrogens (tertiary/aromatic N) is 2. The van der Waals surface area contributed by atoms with E-state index in [1.165, 1.54) is 29.2 Å². The molecule has 1 N–H and O–H groups in total. The van der Waals surface area contributed by atoms with Crippen LogP contribution in [0.2, 0.25) is 0 Å². The van der Waals surface area contributed by atoms with Gasteiger partial charge in [-0.1, -0.05) is 17.7 Å². The fourth-order valence-electron chi connectivity index (χ4n) is 4.76. The molecule has 2 heterocycles. The maximum atomic E-state index is 13.6. The van der Waals surface area contributed by atoms with Crippen LogP contribution in [0.5, 0.6) is 0 Å². The Morgan fingerprint density at radius 3 is 2.15 bits per heavy atom. The van der Waals surface area contributed by atoms with Crippen LogP contribution in [0, 0.1) is 12.7 Å². The van der Waals surface area contributed by atoms with E-state index in [1.807, 2.05) is 31.2 Å². The Kier molecular flexibility index (Phi) is 5.85. The van der Waals surface area contributed by atoms with Gasteiger partial charge in [-0.05, 0) is 56.2 Å². The van der Waals surface area contributed by atoms with E-state index in [-0.39, 0.29) is 30.4 Å². The van der Waals surface area contributed by atoms with Crippen molar-refractivity contribution in [3.05, 3.63) is 71.0 Å². The summed E-state index contributed by atoms with van der Waals surface area (Å²) in [7, 11) is 0. The van der Waals surface area contributed by atoms with E-state index in [0.717, 1.165) is 18.4 Å². The molecule has 2 aliphatic heterocycles. The summed E-state index contributed by atoms with van der Waals surface area (Å²) in [5, 5.41) is 2.98. The van der Waals surface area contributed by atoms with E-state index in [1.54, 1.807) is 4.90 Å². The molecule has 7 nitrogen and oxygen atoms in total. The number of carbonyl (C=O) groups excluding carboxylic acids is 3. The molecule has 3 amide bonds. The van der Waals surface area contributed by atoms with Crippen LogP contribution in [-0.4, -0.2) is 65.0 Å². The highest BCUT2D eigenvalue weighted by atomic mass is 19.1. The van der Waals surface area contributed by atoms with Gasteiger partial charge >= 0.3 is 0 Å². The molecule has 34 heavy (non-hydrogen) atoms. The number of hydrogen-bond acceptors (Lipinski definition) is 4. The van der Waals surface area contributed by atoms with E-state index >= 15 is 0 Å². The van der Waals surface area contributed by atoms with Crippen molar-refractivity contribution >= 4 is 17.7 Å². The Bertz CT molecular complexity index is 1090. The van der Waals surface area contributed by atoms with Crippen LogP contribution in [0.25, 0.3) is 0 Å². The zero-order valence-electron chi connectivity index (χ0n) is 19.1. The molecule has 178 valence electrons. The van der Waals surface area contributed by atoms with Crippen LogP contribution in [0.1, 0.15) is 52.0 Å². The van der Waals surface area contributed by atoms with Crippen molar-refractivity contribution in [1.82, 2.24) is 15.1 Å². The highest BCUT2D eigenvalue weighted by molar-refractivity contribution is 5.98. The first-order valence-corrected chi connectivity index (χ1v) is 11.8.